The summed E-state index contributed by atoms with van der Waals surface area (Å²) in [4.78, 5) is 8.63. The van der Waals surface area contributed by atoms with Crippen LogP contribution in [0.5, 0.6) is 0 Å². The summed E-state index contributed by atoms with van der Waals surface area (Å²) in [5, 5.41) is 0. The minimum absolute atomic E-state index is 0.171. The lowest BCUT2D eigenvalue weighted by molar-refractivity contribution is 0.496. The van der Waals surface area contributed by atoms with E-state index in [1.54, 1.807) is 0 Å². The summed E-state index contributed by atoms with van der Waals surface area (Å²) in [6, 6.07) is 9.49. The van der Waals surface area contributed by atoms with E-state index in [2.05, 4.69) is 0 Å². The standard InChI is InChI=1S/C9H12NO2P/c10-9(7-13(11)12)6-8-4-2-1-3-5-8/h1-5,9H,6-7,10H2/p+1. The zero-order chi connectivity index (χ0) is 9.68. The fraction of sp³-hybridized carbons (Fsp3) is 0.333. The van der Waals surface area contributed by atoms with Gasteiger partial charge >= 0.3 is 8.03 Å². The molecule has 3 nitrogen and oxygen atoms in total. The van der Waals surface area contributed by atoms with Crippen LogP contribution in [-0.2, 0) is 11.0 Å². The molecule has 0 saturated heterocycles. The Labute approximate surface area is 78.5 Å². The molecule has 2 unspecified atom stereocenters. The predicted octanol–water partition coefficient (Wildman–Crippen LogP) is 1.29. The number of rotatable bonds is 4. The van der Waals surface area contributed by atoms with Crippen molar-refractivity contribution in [3.8, 4) is 0 Å². The van der Waals surface area contributed by atoms with Crippen molar-refractivity contribution in [2.24, 2.45) is 5.73 Å². The number of nitrogens with two attached hydrogens (primary N) is 1. The molecule has 0 amide bonds. The first-order valence-electron chi connectivity index (χ1n) is 4.11. The van der Waals surface area contributed by atoms with Crippen molar-refractivity contribution < 1.29 is 9.46 Å². The van der Waals surface area contributed by atoms with Crippen LogP contribution in [0.1, 0.15) is 5.56 Å². The van der Waals surface area contributed by atoms with Gasteiger partial charge in [0.2, 0.25) is 0 Å². The predicted molar refractivity (Wildman–Crippen MR) is 52.8 cm³/mol. The highest BCUT2D eigenvalue weighted by Crippen LogP contribution is 2.15. The van der Waals surface area contributed by atoms with Crippen molar-refractivity contribution in [2.45, 2.75) is 12.5 Å². The smallest absolute Gasteiger partial charge is 0.324 e. The van der Waals surface area contributed by atoms with Gasteiger partial charge in [-0.3, -0.25) is 0 Å². The Hall–Kier alpha value is -0.760. The van der Waals surface area contributed by atoms with Crippen LogP contribution in [0.25, 0.3) is 0 Å². The number of benzene rings is 1. The van der Waals surface area contributed by atoms with E-state index in [1.807, 2.05) is 30.3 Å². The van der Waals surface area contributed by atoms with Gasteiger partial charge in [0.05, 0.1) is 6.04 Å². The molecule has 0 spiro atoms. The van der Waals surface area contributed by atoms with E-state index >= 15 is 0 Å². The van der Waals surface area contributed by atoms with Crippen LogP contribution in [0.3, 0.4) is 0 Å². The van der Waals surface area contributed by atoms with Gasteiger partial charge in [-0.05, 0) is 16.5 Å². The molecule has 70 valence electrons. The summed E-state index contributed by atoms with van der Waals surface area (Å²) < 4.78 is 10.5. The van der Waals surface area contributed by atoms with Crippen LogP contribution in [0, 0.1) is 0 Å². The van der Waals surface area contributed by atoms with E-state index < -0.39 is 8.03 Å². The minimum atomic E-state index is -2.11. The second-order valence-corrected chi connectivity index (χ2v) is 4.05. The highest BCUT2D eigenvalue weighted by molar-refractivity contribution is 7.38. The molecule has 0 aliphatic rings. The molecule has 0 saturated carbocycles. The molecule has 3 N–H and O–H groups in total. The fourth-order valence-electron chi connectivity index (χ4n) is 1.18. The van der Waals surface area contributed by atoms with Crippen LogP contribution < -0.4 is 5.73 Å². The molecule has 0 radical (unpaired) electrons. The number of hydrogen-bond donors (Lipinski definition) is 2. The highest BCUT2D eigenvalue weighted by atomic mass is 31.1. The van der Waals surface area contributed by atoms with Crippen molar-refractivity contribution in [1.82, 2.24) is 0 Å². The monoisotopic (exact) mass is 198 g/mol. The second-order valence-electron chi connectivity index (χ2n) is 2.98. The molecule has 0 heterocycles. The zero-order valence-electron chi connectivity index (χ0n) is 7.26. The van der Waals surface area contributed by atoms with Crippen molar-refractivity contribution in [2.75, 3.05) is 6.16 Å². The quantitative estimate of drug-likeness (QED) is 0.716. The maximum Gasteiger partial charge on any atom is 0.507 e. The van der Waals surface area contributed by atoms with Gasteiger partial charge in [0.15, 0.2) is 6.16 Å². The Morgan fingerprint density at radius 3 is 2.54 bits per heavy atom. The van der Waals surface area contributed by atoms with Crippen molar-refractivity contribution in [3.63, 3.8) is 0 Å². The SMILES string of the molecule is NC(Cc1ccccc1)C[P+](=O)O. The van der Waals surface area contributed by atoms with Gasteiger partial charge in [-0.1, -0.05) is 30.3 Å². The van der Waals surface area contributed by atoms with Gasteiger partial charge in [-0.15, -0.1) is 0 Å². The van der Waals surface area contributed by atoms with Gasteiger partial charge in [0, 0.05) is 0 Å². The molecular weight excluding hydrogens is 185 g/mol. The summed E-state index contributed by atoms with van der Waals surface area (Å²) in [6.45, 7) is 0. The lowest BCUT2D eigenvalue weighted by Gasteiger charge is -2.04. The van der Waals surface area contributed by atoms with Crippen LogP contribution in [0.15, 0.2) is 30.3 Å². The third-order valence-electron chi connectivity index (χ3n) is 1.73. The summed E-state index contributed by atoms with van der Waals surface area (Å²) in [5.41, 5.74) is 6.77. The minimum Gasteiger partial charge on any atom is -0.324 e. The molecule has 0 aromatic heterocycles. The van der Waals surface area contributed by atoms with Crippen LogP contribution >= 0.6 is 8.03 Å². The van der Waals surface area contributed by atoms with Crippen LogP contribution in [0.2, 0.25) is 0 Å². The van der Waals surface area contributed by atoms with Gasteiger partial charge < -0.3 is 5.73 Å². The topological polar surface area (TPSA) is 63.3 Å². The van der Waals surface area contributed by atoms with E-state index in [0.717, 1.165) is 5.56 Å². The fourth-order valence-corrected chi connectivity index (χ4v) is 1.71. The van der Waals surface area contributed by atoms with Crippen molar-refractivity contribution >= 4 is 8.03 Å². The van der Waals surface area contributed by atoms with E-state index in [1.165, 1.54) is 0 Å². The highest BCUT2D eigenvalue weighted by Gasteiger charge is 2.17. The van der Waals surface area contributed by atoms with E-state index in [-0.39, 0.29) is 12.2 Å². The van der Waals surface area contributed by atoms with Gasteiger partial charge in [0.1, 0.15) is 0 Å². The van der Waals surface area contributed by atoms with Crippen molar-refractivity contribution in [1.29, 1.82) is 0 Å². The molecule has 2 atom stereocenters. The Kier molecular flexibility index (Phi) is 4.03. The molecule has 0 bridgehead atoms. The van der Waals surface area contributed by atoms with Gasteiger partial charge in [-0.2, -0.15) is 4.89 Å². The molecule has 1 rings (SSSR count). The Bertz CT molecular complexity index is 276. The largest absolute Gasteiger partial charge is 0.507 e. The van der Waals surface area contributed by atoms with E-state index in [4.69, 9.17) is 10.6 Å². The summed E-state index contributed by atoms with van der Waals surface area (Å²) in [5.74, 6) is 0. The average Bonchev–Trinajstić information content (AvgIpc) is 2.04. The molecule has 0 aliphatic heterocycles. The third kappa shape index (κ3) is 4.13. The van der Waals surface area contributed by atoms with Gasteiger partial charge in [0.25, 0.3) is 0 Å². The van der Waals surface area contributed by atoms with Gasteiger partial charge in [-0.25, -0.2) is 0 Å². The summed E-state index contributed by atoms with van der Waals surface area (Å²) in [7, 11) is -2.11. The maximum absolute atomic E-state index is 10.5. The number of hydrogen-bond acceptors (Lipinski definition) is 2. The Morgan fingerprint density at radius 1 is 1.38 bits per heavy atom. The Morgan fingerprint density at radius 2 is 2.00 bits per heavy atom. The van der Waals surface area contributed by atoms with Crippen LogP contribution in [-0.4, -0.2) is 17.1 Å². The third-order valence-corrected chi connectivity index (χ3v) is 2.51. The first-order chi connectivity index (χ1) is 6.18. The van der Waals surface area contributed by atoms with E-state index in [9.17, 15) is 4.57 Å². The van der Waals surface area contributed by atoms with Crippen molar-refractivity contribution in [3.05, 3.63) is 35.9 Å². The first-order valence-corrected chi connectivity index (χ1v) is 5.51. The molecule has 4 heteroatoms. The lowest BCUT2D eigenvalue weighted by Crippen LogP contribution is -2.25. The second kappa shape index (κ2) is 5.07. The molecule has 0 fully saturated rings. The molecule has 0 aliphatic carbocycles. The normalized spacial score (nSPS) is 13.8. The maximum atomic E-state index is 10.5. The molecule has 13 heavy (non-hydrogen) atoms. The molecular formula is C9H13NO2P+. The Balaban J connectivity index is 2.45. The van der Waals surface area contributed by atoms with Crippen LogP contribution in [0.4, 0.5) is 0 Å². The summed E-state index contributed by atoms with van der Waals surface area (Å²) in [6.07, 6.45) is 0.826. The first kappa shape index (κ1) is 10.3. The zero-order valence-corrected chi connectivity index (χ0v) is 8.15. The lowest BCUT2D eigenvalue weighted by atomic mass is 10.1. The average molecular weight is 198 g/mol. The van der Waals surface area contributed by atoms with E-state index in [0.29, 0.717) is 6.42 Å². The molecule has 1 aromatic rings. The molecule has 1 aromatic carbocycles. The summed E-state index contributed by atoms with van der Waals surface area (Å²) >= 11 is 0.